The number of nitrogens with one attached hydrogen (secondary N) is 1. The number of likely N-dealkylation sites (tertiary alicyclic amines) is 1. The lowest BCUT2D eigenvalue weighted by atomic mass is 9.62. The van der Waals surface area contributed by atoms with Gasteiger partial charge in [0.15, 0.2) is 11.8 Å². The molecule has 7 rings (SSSR count). The summed E-state index contributed by atoms with van der Waals surface area (Å²) in [6.07, 6.45) is 7.15. The average Bonchev–Trinajstić information content (AvgIpc) is 3.98. The molecule has 5 heterocycles. The maximum atomic E-state index is 15.3. The SMILES string of the molecule is CCCCCC1(CCCCC)OC2C3CC4(C(=O)N5CCCC5C(=O)NCCO)C(ON(Cc5cccc(C=CC(=O)OC6C(=O)OCC6(C)C)c5)C4C(=O)O3)C2O1. The van der Waals surface area contributed by atoms with Crippen LogP contribution >= 0.6 is 0 Å². The van der Waals surface area contributed by atoms with Gasteiger partial charge in [-0.15, -0.1) is 0 Å². The maximum Gasteiger partial charge on any atom is 0.348 e. The highest BCUT2D eigenvalue weighted by Gasteiger charge is 2.77. The minimum Gasteiger partial charge on any atom is -0.462 e. The van der Waals surface area contributed by atoms with Crippen LogP contribution in [0.4, 0.5) is 0 Å². The fraction of sp³-hybridized carbons (Fsp3) is 0.698. The number of carbonyl (C=O) groups excluding carboxylic acids is 5. The summed E-state index contributed by atoms with van der Waals surface area (Å²) < 4.78 is 30.6. The number of benzene rings is 1. The Hall–Kier alpha value is -3.89. The van der Waals surface area contributed by atoms with E-state index in [1.165, 1.54) is 11.1 Å². The van der Waals surface area contributed by atoms with Crippen LogP contribution in [0.25, 0.3) is 6.08 Å². The molecule has 0 radical (unpaired) electrons. The van der Waals surface area contributed by atoms with Crippen LogP contribution in [0.2, 0.25) is 0 Å². The predicted molar refractivity (Wildman–Crippen MR) is 207 cm³/mol. The van der Waals surface area contributed by atoms with Crippen molar-refractivity contribution in [2.24, 2.45) is 10.8 Å². The summed E-state index contributed by atoms with van der Waals surface area (Å²) in [5, 5.41) is 13.7. The third kappa shape index (κ3) is 8.04. The number of fused-ring (bicyclic) bond motifs is 4. The van der Waals surface area contributed by atoms with Crippen molar-refractivity contribution in [2.45, 2.75) is 153 Å². The lowest BCUT2D eigenvalue weighted by Gasteiger charge is -2.50. The van der Waals surface area contributed by atoms with Crippen molar-refractivity contribution in [3.05, 3.63) is 41.5 Å². The first-order chi connectivity index (χ1) is 27.9. The zero-order valence-corrected chi connectivity index (χ0v) is 34.2. The first kappa shape index (κ1) is 42.2. The number of carbonyl (C=O) groups is 5. The van der Waals surface area contributed by atoms with Gasteiger partial charge in [-0.25, -0.2) is 9.59 Å². The van der Waals surface area contributed by atoms with Crippen LogP contribution in [0.1, 0.15) is 109 Å². The zero-order valence-electron chi connectivity index (χ0n) is 34.2. The molecule has 58 heavy (non-hydrogen) atoms. The van der Waals surface area contributed by atoms with E-state index in [4.69, 9.17) is 28.5 Å². The van der Waals surface area contributed by atoms with Gasteiger partial charge >= 0.3 is 17.9 Å². The highest BCUT2D eigenvalue weighted by molar-refractivity contribution is 5.96. The monoisotopic (exact) mass is 809 g/mol. The van der Waals surface area contributed by atoms with Gasteiger partial charge in [0, 0.05) is 43.8 Å². The van der Waals surface area contributed by atoms with Gasteiger partial charge in [0.1, 0.15) is 42.5 Å². The first-order valence-electron chi connectivity index (χ1n) is 21.2. The summed E-state index contributed by atoms with van der Waals surface area (Å²) in [6, 6.07) is 5.39. The summed E-state index contributed by atoms with van der Waals surface area (Å²) in [5.74, 6) is -3.49. The van der Waals surface area contributed by atoms with Crippen LogP contribution in [0.15, 0.2) is 30.3 Å². The quantitative estimate of drug-likeness (QED) is 0.101. The second kappa shape index (κ2) is 17.4. The predicted octanol–water partition coefficient (Wildman–Crippen LogP) is 3.73. The molecule has 15 nitrogen and oxygen atoms in total. The minimum absolute atomic E-state index is 0.0644. The standard InChI is InChI=1S/C43H59N3O12/c1-5-7-9-18-42(19-10-8-6-2)56-32-30-24-43(40(52)45-21-12-15-29(45)37(49)44-20-22-47)34(38(50)54-30)46(58-35(43)33(32)57-42)25-28-14-11-13-27(23-28)16-17-31(48)55-36-39(51)53-26-41(36,3)4/h11,13-14,16-17,23,29-30,32-36,47H,5-10,12,15,18-22,24-26H2,1-4H3,(H,44,49). The highest BCUT2D eigenvalue weighted by Crippen LogP contribution is 2.59. The summed E-state index contributed by atoms with van der Waals surface area (Å²) >= 11 is 0. The Morgan fingerprint density at radius 3 is 2.45 bits per heavy atom. The molecule has 2 amide bonds. The van der Waals surface area contributed by atoms with Gasteiger partial charge in [0.25, 0.3) is 0 Å². The lowest BCUT2D eigenvalue weighted by Crippen LogP contribution is -2.70. The van der Waals surface area contributed by atoms with E-state index in [1.807, 2.05) is 18.2 Å². The number of hydroxylamine groups is 2. The Kier molecular flexibility index (Phi) is 12.7. The lowest BCUT2D eigenvalue weighted by molar-refractivity contribution is -0.225. The molecular formula is C43H59N3O12. The van der Waals surface area contributed by atoms with Gasteiger partial charge in [0.2, 0.25) is 17.9 Å². The zero-order chi connectivity index (χ0) is 41.2. The molecule has 0 spiro atoms. The van der Waals surface area contributed by atoms with Crippen LogP contribution in [-0.4, -0.2) is 119 Å². The third-order valence-corrected chi connectivity index (χ3v) is 12.6. The number of aliphatic hydroxyl groups is 1. The number of ether oxygens (including phenoxy) is 5. The summed E-state index contributed by atoms with van der Waals surface area (Å²) in [7, 11) is 0. The molecule has 8 unspecified atom stereocenters. The van der Waals surface area contributed by atoms with Gasteiger partial charge in [-0.3, -0.25) is 19.2 Å². The van der Waals surface area contributed by atoms with Gasteiger partial charge < -0.3 is 39.0 Å². The number of cyclic esters (lactones) is 1. The summed E-state index contributed by atoms with van der Waals surface area (Å²) in [4.78, 5) is 76.3. The molecular weight excluding hydrogens is 750 g/mol. The molecule has 15 heteroatoms. The van der Waals surface area contributed by atoms with Gasteiger partial charge in [0.05, 0.1) is 13.2 Å². The van der Waals surface area contributed by atoms with Crippen molar-refractivity contribution < 1.29 is 57.6 Å². The topological polar surface area (TPSA) is 179 Å². The third-order valence-electron chi connectivity index (χ3n) is 12.6. The Bertz CT molecular complexity index is 1740. The Labute approximate surface area is 340 Å². The number of esters is 3. The molecule has 1 aromatic rings. The van der Waals surface area contributed by atoms with Crippen LogP contribution in [-0.2, 0) is 59.0 Å². The number of amides is 2. The molecule has 318 valence electrons. The Balaban J connectivity index is 1.19. The van der Waals surface area contributed by atoms with Crippen molar-refractivity contribution in [2.75, 3.05) is 26.3 Å². The van der Waals surface area contributed by atoms with E-state index in [2.05, 4.69) is 19.2 Å². The van der Waals surface area contributed by atoms with E-state index < -0.39 is 77.1 Å². The van der Waals surface area contributed by atoms with Crippen molar-refractivity contribution >= 4 is 35.8 Å². The number of hydrogen-bond acceptors (Lipinski definition) is 13. The normalized spacial score (nSPS) is 31.9. The van der Waals surface area contributed by atoms with Crippen molar-refractivity contribution in [1.82, 2.24) is 15.3 Å². The molecule has 6 fully saturated rings. The van der Waals surface area contributed by atoms with Crippen molar-refractivity contribution in [3.63, 3.8) is 0 Å². The minimum atomic E-state index is -1.44. The summed E-state index contributed by atoms with van der Waals surface area (Å²) in [6.45, 7) is 8.29. The molecule has 5 aliphatic heterocycles. The van der Waals surface area contributed by atoms with Crippen LogP contribution in [0, 0.1) is 10.8 Å². The molecule has 1 saturated carbocycles. The fourth-order valence-electron chi connectivity index (χ4n) is 9.75. The second-order valence-corrected chi connectivity index (χ2v) is 17.4. The average molecular weight is 810 g/mol. The van der Waals surface area contributed by atoms with Crippen molar-refractivity contribution in [1.29, 1.82) is 0 Å². The number of nitrogens with zero attached hydrogens (tertiary/aromatic N) is 2. The second-order valence-electron chi connectivity index (χ2n) is 17.4. The van der Waals surface area contributed by atoms with E-state index in [0.717, 1.165) is 44.1 Å². The van der Waals surface area contributed by atoms with Gasteiger partial charge in [-0.05, 0) is 42.9 Å². The van der Waals surface area contributed by atoms with E-state index in [9.17, 15) is 24.3 Å². The number of rotatable bonds is 17. The molecule has 5 saturated heterocycles. The van der Waals surface area contributed by atoms with E-state index in [1.54, 1.807) is 30.9 Å². The smallest absolute Gasteiger partial charge is 0.348 e. The van der Waals surface area contributed by atoms with Crippen LogP contribution in [0.3, 0.4) is 0 Å². The maximum absolute atomic E-state index is 15.3. The van der Waals surface area contributed by atoms with E-state index in [0.29, 0.717) is 37.8 Å². The number of unbranched alkanes of at least 4 members (excludes halogenated alkanes) is 4. The molecule has 2 bridgehead atoms. The van der Waals surface area contributed by atoms with Gasteiger partial charge in [-0.2, -0.15) is 5.06 Å². The highest BCUT2D eigenvalue weighted by atomic mass is 16.8. The Morgan fingerprint density at radius 2 is 1.76 bits per heavy atom. The summed E-state index contributed by atoms with van der Waals surface area (Å²) in [5.41, 5.74) is -0.704. The Morgan fingerprint density at radius 1 is 1.02 bits per heavy atom. The van der Waals surface area contributed by atoms with Gasteiger partial charge in [-0.1, -0.05) is 77.6 Å². The van der Waals surface area contributed by atoms with Crippen LogP contribution in [0.5, 0.6) is 0 Å². The van der Waals surface area contributed by atoms with E-state index in [-0.39, 0.29) is 44.5 Å². The first-order valence-corrected chi connectivity index (χ1v) is 21.2. The molecule has 1 aliphatic carbocycles. The van der Waals surface area contributed by atoms with E-state index >= 15 is 4.79 Å². The molecule has 1 aromatic carbocycles. The largest absolute Gasteiger partial charge is 0.462 e. The number of aliphatic hydroxyl groups excluding tert-OH is 1. The fourth-order valence-corrected chi connectivity index (χ4v) is 9.75. The number of hydrogen-bond donors (Lipinski definition) is 2. The molecule has 0 aromatic heterocycles. The molecule has 6 aliphatic rings. The molecule has 2 N–H and O–H groups in total. The van der Waals surface area contributed by atoms with Crippen LogP contribution < -0.4 is 5.32 Å². The van der Waals surface area contributed by atoms with Crippen molar-refractivity contribution in [3.8, 4) is 0 Å². The molecule has 8 atom stereocenters.